The van der Waals surface area contributed by atoms with Crippen molar-refractivity contribution in [3.05, 3.63) is 0 Å². The zero-order chi connectivity index (χ0) is 23.4. The van der Waals surface area contributed by atoms with E-state index in [2.05, 4.69) is 24.3 Å². The number of nitrogens with zero attached hydrogens (tertiary/aromatic N) is 2. The minimum absolute atomic E-state index is 0.00561. The van der Waals surface area contributed by atoms with Crippen LogP contribution in [0.4, 0.5) is 4.79 Å². The maximum Gasteiger partial charge on any atom is 0.408 e. The Hall–Kier alpha value is -1.34. The van der Waals surface area contributed by atoms with Crippen molar-refractivity contribution in [3.8, 4) is 0 Å². The van der Waals surface area contributed by atoms with Crippen LogP contribution in [0.3, 0.4) is 0 Å². The average molecular weight is 440 g/mol. The predicted octanol–water partition coefficient (Wildman–Crippen LogP) is 3.67. The van der Waals surface area contributed by atoms with Gasteiger partial charge in [-0.15, -0.1) is 0 Å². The van der Waals surface area contributed by atoms with Crippen LogP contribution in [0.2, 0.25) is 0 Å². The van der Waals surface area contributed by atoms with Gasteiger partial charge in [0, 0.05) is 31.5 Å². The molecule has 2 fully saturated rings. The van der Waals surface area contributed by atoms with Gasteiger partial charge in [0.25, 0.3) is 0 Å². The zero-order valence-corrected chi connectivity index (χ0v) is 21.0. The number of carbonyl (C=O) groups excluding carboxylic acids is 2. The highest BCUT2D eigenvalue weighted by Crippen LogP contribution is 2.52. The summed E-state index contributed by atoms with van der Waals surface area (Å²) in [6.07, 6.45) is 4.32. The number of likely N-dealkylation sites (tertiary alicyclic amines) is 1. The van der Waals surface area contributed by atoms with Gasteiger partial charge >= 0.3 is 6.09 Å². The highest BCUT2D eigenvalue weighted by molar-refractivity contribution is 5.92. The van der Waals surface area contributed by atoms with Crippen LogP contribution in [0.1, 0.15) is 73.6 Å². The molecule has 180 valence electrons. The first-order valence-electron chi connectivity index (χ1n) is 11.9. The van der Waals surface area contributed by atoms with E-state index >= 15 is 0 Å². The summed E-state index contributed by atoms with van der Waals surface area (Å²) >= 11 is 0. The van der Waals surface area contributed by atoms with Gasteiger partial charge in [0.15, 0.2) is 0 Å². The van der Waals surface area contributed by atoms with Crippen LogP contribution in [-0.4, -0.2) is 79.4 Å². The summed E-state index contributed by atoms with van der Waals surface area (Å²) in [4.78, 5) is 30.6. The molecule has 7 nitrogen and oxygen atoms in total. The van der Waals surface area contributed by atoms with E-state index in [9.17, 15) is 9.59 Å². The lowest BCUT2D eigenvalue weighted by atomic mass is 9.53. The SMILES string of the molecule is CCOC1CC(NC(=O)OC(C)(C)C)(C(=O)N2CCC(CCCN(C)C)CC2)C1(C)C. The van der Waals surface area contributed by atoms with E-state index in [4.69, 9.17) is 9.47 Å². The topological polar surface area (TPSA) is 71.1 Å². The lowest BCUT2D eigenvalue weighted by Gasteiger charge is -2.60. The van der Waals surface area contributed by atoms with Crippen LogP contribution >= 0.6 is 0 Å². The summed E-state index contributed by atoms with van der Waals surface area (Å²) < 4.78 is 11.4. The van der Waals surface area contributed by atoms with Crippen LogP contribution in [0.15, 0.2) is 0 Å². The fourth-order valence-corrected chi connectivity index (χ4v) is 4.91. The second-order valence-corrected chi connectivity index (χ2v) is 11.1. The fraction of sp³-hybridized carbons (Fsp3) is 0.917. The van der Waals surface area contributed by atoms with Gasteiger partial charge in [-0.1, -0.05) is 13.8 Å². The molecule has 0 aromatic heterocycles. The van der Waals surface area contributed by atoms with Crippen molar-refractivity contribution in [3.63, 3.8) is 0 Å². The Morgan fingerprint density at radius 2 is 1.77 bits per heavy atom. The monoisotopic (exact) mass is 439 g/mol. The maximum atomic E-state index is 13.8. The molecule has 0 bridgehead atoms. The van der Waals surface area contributed by atoms with Gasteiger partial charge in [-0.2, -0.15) is 0 Å². The van der Waals surface area contributed by atoms with Crippen molar-refractivity contribution >= 4 is 12.0 Å². The average Bonchev–Trinajstić information content (AvgIpc) is 2.65. The quantitative estimate of drug-likeness (QED) is 0.625. The number of piperidine rings is 1. The molecule has 7 heteroatoms. The molecule has 1 N–H and O–H groups in total. The molecule has 1 heterocycles. The van der Waals surface area contributed by atoms with Gasteiger partial charge in [-0.25, -0.2) is 4.79 Å². The highest BCUT2D eigenvalue weighted by atomic mass is 16.6. The van der Waals surface area contributed by atoms with Crippen molar-refractivity contribution < 1.29 is 19.1 Å². The number of ether oxygens (including phenoxy) is 2. The summed E-state index contributed by atoms with van der Waals surface area (Å²) in [6.45, 7) is 14.7. The van der Waals surface area contributed by atoms with E-state index in [1.165, 1.54) is 12.8 Å². The lowest BCUT2D eigenvalue weighted by Crippen LogP contribution is -2.78. The van der Waals surface area contributed by atoms with Crippen LogP contribution < -0.4 is 5.32 Å². The summed E-state index contributed by atoms with van der Waals surface area (Å²) in [7, 11) is 4.21. The molecule has 2 amide bonds. The van der Waals surface area contributed by atoms with Crippen molar-refractivity contribution in [2.45, 2.75) is 90.9 Å². The molecule has 2 aliphatic rings. The van der Waals surface area contributed by atoms with Gasteiger partial charge in [0.2, 0.25) is 5.91 Å². The summed E-state index contributed by atoms with van der Waals surface area (Å²) in [5, 5.41) is 2.98. The Morgan fingerprint density at radius 3 is 2.26 bits per heavy atom. The van der Waals surface area contributed by atoms with E-state index in [0.717, 1.165) is 32.5 Å². The van der Waals surface area contributed by atoms with Crippen molar-refractivity contribution in [1.82, 2.24) is 15.1 Å². The Labute approximate surface area is 189 Å². The Bertz CT molecular complexity index is 621. The third kappa shape index (κ3) is 6.13. The molecular formula is C24H45N3O4. The maximum absolute atomic E-state index is 13.8. The third-order valence-electron chi connectivity index (χ3n) is 6.96. The van der Waals surface area contributed by atoms with E-state index in [0.29, 0.717) is 18.9 Å². The summed E-state index contributed by atoms with van der Waals surface area (Å²) in [5.41, 5.74) is -2.13. The van der Waals surface area contributed by atoms with E-state index < -0.39 is 22.6 Å². The number of rotatable bonds is 8. The second kappa shape index (κ2) is 10.1. The Morgan fingerprint density at radius 1 is 1.16 bits per heavy atom. The molecule has 2 rings (SSSR count). The third-order valence-corrected chi connectivity index (χ3v) is 6.96. The number of nitrogens with one attached hydrogen (secondary N) is 1. The zero-order valence-electron chi connectivity index (χ0n) is 21.0. The standard InChI is InChI=1S/C24H45N3O4/c1-9-30-19-17-24(23(19,5)6,25-21(29)31-22(2,3)4)20(28)27-15-12-18(13-16-27)11-10-14-26(7)8/h18-19H,9-17H2,1-8H3,(H,25,29). The first kappa shape index (κ1) is 25.9. The van der Waals surface area contributed by atoms with Crippen LogP contribution in [-0.2, 0) is 14.3 Å². The van der Waals surface area contributed by atoms with Gasteiger partial charge in [0.1, 0.15) is 11.1 Å². The van der Waals surface area contributed by atoms with Gasteiger partial charge in [-0.05, 0) is 79.9 Å². The molecule has 0 spiro atoms. The number of alkyl carbamates (subject to hydrolysis) is 1. The highest BCUT2D eigenvalue weighted by Gasteiger charge is 2.67. The van der Waals surface area contributed by atoms with Crippen LogP contribution in [0.5, 0.6) is 0 Å². The number of amides is 2. The number of carbonyl (C=O) groups is 2. The molecule has 1 saturated heterocycles. The Balaban J connectivity index is 2.07. The van der Waals surface area contributed by atoms with E-state index in [1.807, 2.05) is 46.4 Å². The molecule has 2 unspecified atom stereocenters. The largest absolute Gasteiger partial charge is 0.444 e. The van der Waals surface area contributed by atoms with E-state index in [-0.39, 0.29) is 12.0 Å². The molecule has 2 atom stereocenters. The van der Waals surface area contributed by atoms with Crippen LogP contribution in [0.25, 0.3) is 0 Å². The number of hydrogen-bond acceptors (Lipinski definition) is 5. The van der Waals surface area contributed by atoms with E-state index in [1.54, 1.807) is 0 Å². The van der Waals surface area contributed by atoms with Gasteiger partial charge < -0.3 is 24.6 Å². The smallest absolute Gasteiger partial charge is 0.408 e. The fourth-order valence-electron chi connectivity index (χ4n) is 4.91. The first-order valence-corrected chi connectivity index (χ1v) is 11.9. The second-order valence-electron chi connectivity index (χ2n) is 11.1. The van der Waals surface area contributed by atoms with Crippen molar-refractivity contribution in [1.29, 1.82) is 0 Å². The predicted molar refractivity (Wildman–Crippen MR) is 123 cm³/mol. The molecule has 0 aromatic rings. The van der Waals surface area contributed by atoms with Crippen molar-refractivity contribution in [2.75, 3.05) is 40.3 Å². The molecule has 1 aliphatic carbocycles. The van der Waals surface area contributed by atoms with Gasteiger partial charge in [0.05, 0.1) is 6.10 Å². The molecule has 1 aliphatic heterocycles. The first-order chi connectivity index (χ1) is 14.3. The molecule has 0 aromatic carbocycles. The minimum Gasteiger partial charge on any atom is -0.444 e. The molecule has 0 radical (unpaired) electrons. The van der Waals surface area contributed by atoms with Crippen molar-refractivity contribution in [2.24, 2.45) is 11.3 Å². The lowest BCUT2D eigenvalue weighted by molar-refractivity contribution is -0.187. The number of hydrogen-bond donors (Lipinski definition) is 1. The summed E-state index contributed by atoms with van der Waals surface area (Å²) in [5.74, 6) is 0.676. The molecular weight excluding hydrogens is 394 g/mol. The van der Waals surface area contributed by atoms with Gasteiger partial charge in [-0.3, -0.25) is 4.79 Å². The van der Waals surface area contributed by atoms with Crippen LogP contribution in [0, 0.1) is 11.3 Å². The molecule has 1 saturated carbocycles. The normalized spacial score (nSPS) is 26.5. The molecule has 31 heavy (non-hydrogen) atoms. The Kier molecular flexibility index (Phi) is 8.42. The summed E-state index contributed by atoms with van der Waals surface area (Å²) in [6, 6.07) is 0. The minimum atomic E-state index is -0.993.